The Labute approximate surface area is 81.8 Å². The maximum atomic E-state index is 5.07. The molecule has 0 N–H and O–H groups in total. The van der Waals surface area contributed by atoms with Gasteiger partial charge < -0.3 is 9.09 Å². The van der Waals surface area contributed by atoms with Crippen molar-refractivity contribution in [3.63, 3.8) is 0 Å². The number of hydrogen-bond donors (Lipinski definition) is 0. The Morgan fingerprint density at radius 3 is 2.93 bits per heavy atom. The van der Waals surface area contributed by atoms with Gasteiger partial charge in [-0.3, -0.25) is 0 Å². The molecule has 2 heterocycles. The lowest BCUT2D eigenvalue weighted by Gasteiger charge is -1.98. The van der Waals surface area contributed by atoms with Crippen LogP contribution in [0.2, 0.25) is 0 Å². The van der Waals surface area contributed by atoms with Gasteiger partial charge >= 0.3 is 0 Å². The molecule has 0 spiro atoms. The van der Waals surface area contributed by atoms with E-state index in [4.69, 9.17) is 4.52 Å². The summed E-state index contributed by atoms with van der Waals surface area (Å²) in [4.78, 5) is 8.33. The zero-order valence-corrected chi connectivity index (χ0v) is 8.27. The topological polar surface area (TPSA) is 56.7 Å². The van der Waals surface area contributed by atoms with E-state index in [1.54, 1.807) is 6.20 Å². The van der Waals surface area contributed by atoms with E-state index in [0.717, 1.165) is 18.1 Å². The summed E-state index contributed by atoms with van der Waals surface area (Å²) in [5, 5.41) is 3.83. The van der Waals surface area contributed by atoms with Crippen LogP contribution in [-0.4, -0.2) is 19.7 Å². The predicted octanol–water partition coefficient (Wildman–Crippen LogP) is 1.19. The SMILES string of the molecule is CCc1noc(Cn2ccnc2C)n1. The summed E-state index contributed by atoms with van der Waals surface area (Å²) in [5.74, 6) is 2.32. The quantitative estimate of drug-likeness (QED) is 0.732. The van der Waals surface area contributed by atoms with Gasteiger partial charge in [0, 0.05) is 18.8 Å². The fourth-order valence-electron chi connectivity index (χ4n) is 1.21. The molecule has 0 saturated carbocycles. The molecule has 0 fully saturated rings. The van der Waals surface area contributed by atoms with E-state index in [0.29, 0.717) is 12.4 Å². The second kappa shape index (κ2) is 3.61. The predicted molar refractivity (Wildman–Crippen MR) is 49.7 cm³/mol. The summed E-state index contributed by atoms with van der Waals surface area (Å²) >= 11 is 0. The van der Waals surface area contributed by atoms with Crippen LogP contribution < -0.4 is 0 Å². The largest absolute Gasteiger partial charge is 0.337 e. The van der Waals surface area contributed by atoms with Crippen molar-refractivity contribution in [2.45, 2.75) is 26.8 Å². The lowest BCUT2D eigenvalue weighted by Crippen LogP contribution is -2.01. The minimum atomic E-state index is 0.596. The monoisotopic (exact) mass is 192 g/mol. The van der Waals surface area contributed by atoms with E-state index < -0.39 is 0 Å². The second-order valence-corrected chi connectivity index (χ2v) is 3.06. The van der Waals surface area contributed by atoms with Crippen LogP contribution in [0.5, 0.6) is 0 Å². The highest BCUT2D eigenvalue weighted by Gasteiger charge is 2.06. The van der Waals surface area contributed by atoms with Gasteiger partial charge in [-0.25, -0.2) is 4.98 Å². The van der Waals surface area contributed by atoms with Gasteiger partial charge in [0.15, 0.2) is 5.82 Å². The summed E-state index contributed by atoms with van der Waals surface area (Å²) in [6.07, 6.45) is 4.45. The molecule has 0 aliphatic carbocycles. The molecule has 2 aromatic rings. The average Bonchev–Trinajstić information content (AvgIpc) is 2.77. The first kappa shape index (κ1) is 8.93. The van der Waals surface area contributed by atoms with Gasteiger partial charge in [-0.05, 0) is 6.92 Å². The summed E-state index contributed by atoms with van der Waals surface area (Å²) in [6.45, 7) is 4.53. The van der Waals surface area contributed by atoms with Gasteiger partial charge in [0.25, 0.3) is 0 Å². The number of nitrogens with zero attached hydrogens (tertiary/aromatic N) is 4. The minimum Gasteiger partial charge on any atom is -0.337 e. The van der Waals surface area contributed by atoms with Gasteiger partial charge in [0.05, 0.1) is 0 Å². The van der Waals surface area contributed by atoms with Crippen LogP contribution in [0.3, 0.4) is 0 Å². The molecular weight excluding hydrogens is 180 g/mol. The van der Waals surface area contributed by atoms with Crippen LogP contribution in [0.1, 0.15) is 24.5 Å². The molecule has 5 heteroatoms. The van der Waals surface area contributed by atoms with Crippen LogP contribution in [0, 0.1) is 6.92 Å². The van der Waals surface area contributed by atoms with E-state index in [-0.39, 0.29) is 0 Å². The van der Waals surface area contributed by atoms with Crippen molar-refractivity contribution in [3.8, 4) is 0 Å². The van der Waals surface area contributed by atoms with E-state index in [9.17, 15) is 0 Å². The van der Waals surface area contributed by atoms with Gasteiger partial charge in [0.1, 0.15) is 12.4 Å². The molecule has 74 valence electrons. The van der Waals surface area contributed by atoms with Crippen LogP contribution in [0.4, 0.5) is 0 Å². The number of imidazole rings is 1. The van der Waals surface area contributed by atoms with E-state index in [2.05, 4.69) is 15.1 Å². The molecule has 0 radical (unpaired) electrons. The highest BCUT2D eigenvalue weighted by molar-refractivity contribution is 4.94. The molecule has 14 heavy (non-hydrogen) atoms. The Bertz CT molecular complexity index is 418. The molecule has 5 nitrogen and oxygen atoms in total. The maximum Gasteiger partial charge on any atom is 0.246 e. The van der Waals surface area contributed by atoms with Crippen LogP contribution in [0.15, 0.2) is 16.9 Å². The Hall–Kier alpha value is -1.65. The van der Waals surface area contributed by atoms with Crippen molar-refractivity contribution < 1.29 is 4.52 Å². The molecule has 2 rings (SSSR count). The van der Waals surface area contributed by atoms with Crippen molar-refractivity contribution in [2.24, 2.45) is 0 Å². The number of aryl methyl sites for hydroxylation is 2. The molecule has 0 amide bonds. The second-order valence-electron chi connectivity index (χ2n) is 3.06. The van der Waals surface area contributed by atoms with Crippen molar-refractivity contribution in [1.82, 2.24) is 19.7 Å². The highest BCUT2D eigenvalue weighted by atomic mass is 16.5. The van der Waals surface area contributed by atoms with Crippen LogP contribution in [0.25, 0.3) is 0 Å². The third kappa shape index (κ3) is 1.66. The summed E-state index contributed by atoms with van der Waals surface area (Å²) in [5.41, 5.74) is 0. The van der Waals surface area contributed by atoms with Crippen LogP contribution in [-0.2, 0) is 13.0 Å². The zero-order chi connectivity index (χ0) is 9.97. The molecule has 0 unspecified atom stereocenters. The van der Waals surface area contributed by atoms with E-state index in [1.165, 1.54) is 0 Å². The average molecular weight is 192 g/mol. The Morgan fingerprint density at radius 2 is 2.36 bits per heavy atom. The lowest BCUT2D eigenvalue weighted by molar-refractivity contribution is 0.365. The summed E-state index contributed by atoms with van der Waals surface area (Å²) in [6, 6.07) is 0. The van der Waals surface area contributed by atoms with Crippen molar-refractivity contribution in [3.05, 3.63) is 29.9 Å². The summed E-state index contributed by atoms with van der Waals surface area (Å²) in [7, 11) is 0. The molecule has 0 atom stereocenters. The maximum absolute atomic E-state index is 5.07. The van der Waals surface area contributed by atoms with Crippen molar-refractivity contribution in [2.75, 3.05) is 0 Å². The number of hydrogen-bond acceptors (Lipinski definition) is 4. The molecular formula is C9H12N4O. The first-order valence-electron chi connectivity index (χ1n) is 4.58. The van der Waals surface area contributed by atoms with E-state index >= 15 is 0 Å². The Balaban J connectivity index is 2.15. The van der Waals surface area contributed by atoms with Crippen LogP contribution >= 0.6 is 0 Å². The van der Waals surface area contributed by atoms with Gasteiger partial charge in [-0.15, -0.1) is 0 Å². The molecule has 2 aromatic heterocycles. The van der Waals surface area contributed by atoms with Crippen molar-refractivity contribution >= 4 is 0 Å². The van der Waals surface area contributed by atoms with E-state index in [1.807, 2.05) is 24.6 Å². The third-order valence-electron chi connectivity index (χ3n) is 2.06. The number of rotatable bonds is 3. The first-order chi connectivity index (χ1) is 6.79. The zero-order valence-electron chi connectivity index (χ0n) is 8.27. The molecule has 0 aliphatic heterocycles. The fourth-order valence-corrected chi connectivity index (χ4v) is 1.21. The van der Waals surface area contributed by atoms with Crippen molar-refractivity contribution in [1.29, 1.82) is 0 Å². The molecule has 0 bridgehead atoms. The van der Waals surface area contributed by atoms with Gasteiger partial charge in [-0.1, -0.05) is 12.1 Å². The minimum absolute atomic E-state index is 0.596. The first-order valence-corrected chi connectivity index (χ1v) is 4.58. The van der Waals surface area contributed by atoms with Gasteiger partial charge in [-0.2, -0.15) is 4.98 Å². The molecule has 0 saturated heterocycles. The molecule has 0 aliphatic rings. The smallest absolute Gasteiger partial charge is 0.246 e. The lowest BCUT2D eigenvalue weighted by atomic mass is 10.5. The fraction of sp³-hybridized carbons (Fsp3) is 0.444. The van der Waals surface area contributed by atoms with Gasteiger partial charge in [0.2, 0.25) is 5.89 Å². The Kier molecular flexibility index (Phi) is 2.30. The number of aromatic nitrogens is 4. The summed E-state index contributed by atoms with van der Waals surface area (Å²) < 4.78 is 7.04. The third-order valence-corrected chi connectivity index (χ3v) is 2.06. The Morgan fingerprint density at radius 1 is 1.50 bits per heavy atom. The normalized spacial score (nSPS) is 10.7. The standard InChI is InChI=1S/C9H12N4O/c1-3-8-11-9(14-12-8)6-13-5-4-10-7(13)2/h4-5H,3,6H2,1-2H3. The molecule has 0 aromatic carbocycles. The highest BCUT2D eigenvalue weighted by Crippen LogP contribution is 2.03.